The summed E-state index contributed by atoms with van der Waals surface area (Å²) in [6.45, 7) is 0. The number of nitrogens with zero attached hydrogens (tertiary/aromatic N) is 1. The predicted molar refractivity (Wildman–Crippen MR) is 209 cm³/mol. The van der Waals surface area contributed by atoms with Crippen LogP contribution in [0.1, 0.15) is 0 Å². The lowest BCUT2D eigenvalue weighted by Crippen LogP contribution is -2.12. The maximum atomic E-state index is 16.2. The number of rotatable bonds is 9. The van der Waals surface area contributed by atoms with Gasteiger partial charge in [0, 0.05) is 34.5 Å². The quantitative estimate of drug-likeness (QED) is 0.151. The minimum Gasteiger partial charge on any atom is -0.457 e. The molecule has 0 amide bonds. The Morgan fingerprint density at radius 1 is 0.327 bits per heavy atom. The molecule has 0 bridgehead atoms. The van der Waals surface area contributed by atoms with Crippen LogP contribution in [-0.2, 0) is 0 Å². The molecule has 0 spiro atoms. The summed E-state index contributed by atoms with van der Waals surface area (Å²) in [5.41, 5.74) is 8.70. The van der Waals surface area contributed by atoms with E-state index in [1.54, 1.807) is 18.2 Å². The molecular formula is C48H33F2NO. The highest BCUT2D eigenvalue weighted by Crippen LogP contribution is 2.44. The van der Waals surface area contributed by atoms with Crippen molar-refractivity contribution in [1.29, 1.82) is 0 Å². The molecule has 0 heterocycles. The topological polar surface area (TPSA) is 12.5 Å². The second-order valence-electron chi connectivity index (χ2n) is 12.4. The summed E-state index contributed by atoms with van der Waals surface area (Å²) < 4.78 is 38.1. The van der Waals surface area contributed by atoms with Crippen molar-refractivity contribution in [3.8, 4) is 56.0 Å². The Kier molecular flexibility index (Phi) is 9.10. The van der Waals surface area contributed by atoms with Gasteiger partial charge in [0.25, 0.3) is 0 Å². The third-order valence-corrected chi connectivity index (χ3v) is 9.04. The lowest BCUT2D eigenvalue weighted by Gasteiger charge is -2.29. The predicted octanol–water partition coefficient (Wildman–Crippen LogP) is 13.9. The number of hydrogen-bond donors (Lipinski definition) is 0. The molecule has 4 heteroatoms. The van der Waals surface area contributed by atoms with Gasteiger partial charge in [-0.15, -0.1) is 0 Å². The normalized spacial score (nSPS) is 10.9. The number of ether oxygens (including phenoxy) is 1. The fourth-order valence-corrected chi connectivity index (χ4v) is 6.57. The summed E-state index contributed by atoms with van der Waals surface area (Å²) in [6.07, 6.45) is 0. The zero-order chi connectivity index (χ0) is 35.3. The summed E-state index contributed by atoms with van der Waals surface area (Å²) in [7, 11) is 0. The SMILES string of the molecule is Fc1cc(Oc2cc(-c3ccccc3)cc(N(c3ccc(-c4ccccc4)c(F)c3)c3ccccc3-c3ccccc3)c2)ccc1-c1ccccc1. The molecule has 0 radical (unpaired) electrons. The van der Waals surface area contributed by atoms with Gasteiger partial charge in [-0.3, -0.25) is 0 Å². The van der Waals surface area contributed by atoms with Gasteiger partial charge in [0.1, 0.15) is 23.1 Å². The number of benzene rings is 8. The number of halogens is 2. The molecule has 0 saturated carbocycles. The van der Waals surface area contributed by atoms with E-state index in [0.717, 1.165) is 44.8 Å². The molecule has 0 atom stereocenters. The molecule has 8 aromatic rings. The largest absolute Gasteiger partial charge is 0.457 e. The van der Waals surface area contributed by atoms with E-state index in [2.05, 4.69) is 29.2 Å². The van der Waals surface area contributed by atoms with Crippen LogP contribution >= 0.6 is 0 Å². The number of anilines is 3. The highest BCUT2D eigenvalue weighted by molar-refractivity contribution is 5.90. The molecular weight excluding hydrogens is 645 g/mol. The third-order valence-electron chi connectivity index (χ3n) is 9.04. The standard InChI is InChI=1S/C48H33F2NO/c49-46-32-39(25-27-43(46)35-17-7-2-8-18-35)51(48-24-14-13-23-45(48)37-21-11-4-12-22-37)40-29-38(34-15-5-1-6-16-34)30-42(31-40)52-41-26-28-44(47(50)33-41)36-19-9-3-10-20-36/h1-33H. The minimum atomic E-state index is -0.379. The molecule has 250 valence electrons. The first kappa shape index (κ1) is 32.4. The monoisotopic (exact) mass is 677 g/mol. The van der Waals surface area contributed by atoms with Gasteiger partial charge in [0.2, 0.25) is 0 Å². The average Bonchev–Trinajstić information content (AvgIpc) is 3.20. The zero-order valence-electron chi connectivity index (χ0n) is 28.2. The van der Waals surface area contributed by atoms with E-state index in [4.69, 9.17) is 4.74 Å². The molecule has 52 heavy (non-hydrogen) atoms. The fraction of sp³-hybridized carbons (Fsp3) is 0. The summed E-state index contributed by atoms with van der Waals surface area (Å²) in [5, 5.41) is 0. The van der Waals surface area contributed by atoms with Crippen LogP contribution in [0.5, 0.6) is 11.5 Å². The van der Waals surface area contributed by atoms with Gasteiger partial charge in [0.15, 0.2) is 0 Å². The Hall–Kier alpha value is -6.78. The number of hydrogen-bond acceptors (Lipinski definition) is 2. The van der Waals surface area contributed by atoms with Crippen LogP contribution in [0.2, 0.25) is 0 Å². The maximum Gasteiger partial charge on any atom is 0.134 e. The molecule has 2 nitrogen and oxygen atoms in total. The van der Waals surface area contributed by atoms with E-state index in [-0.39, 0.29) is 11.6 Å². The van der Waals surface area contributed by atoms with Crippen LogP contribution in [0.25, 0.3) is 44.5 Å². The van der Waals surface area contributed by atoms with Crippen molar-refractivity contribution < 1.29 is 13.5 Å². The summed E-state index contributed by atoms with van der Waals surface area (Å²) >= 11 is 0. The number of para-hydroxylation sites is 1. The second kappa shape index (κ2) is 14.6. The van der Waals surface area contributed by atoms with Crippen LogP contribution in [0, 0.1) is 11.6 Å². The molecule has 8 aromatic carbocycles. The van der Waals surface area contributed by atoms with Crippen molar-refractivity contribution in [3.05, 3.63) is 212 Å². The van der Waals surface area contributed by atoms with Crippen molar-refractivity contribution >= 4 is 17.1 Å². The van der Waals surface area contributed by atoms with Crippen LogP contribution < -0.4 is 9.64 Å². The van der Waals surface area contributed by atoms with Gasteiger partial charge in [-0.1, -0.05) is 140 Å². The highest BCUT2D eigenvalue weighted by atomic mass is 19.1. The van der Waals surface area contributed by atoms with Crippen molar-refractivity contribution in [2.45, 2.75) is 0 Å². The fourth-order valence-electron chi connectivity index (χ4n) is 6.57. The zero-order valence-corrected chi connectivity index (χ0v) is 28.2. The second-order valence-corrected chi connectivity index (χ2v) is 12.4. The van der Waals surface area contributed by atoms with E-state index >= 15 is 8.78 Å². The van der Waals surface area contributed by atoms with Gasteiger partial charge in [-0.05, 0) is 76.3 Å². The molecule has 0 fully saturated rings. The van der Waals surface area contributed by atoms with Gasteiger partial charge >= 0.3 is 0 Å². The van der Waals surface area contributed by atoms with E-state index in [0.29, 0.717) is 28.3 Å². The Morgan fingerprint density at radius 2 is 0.827 bits per heavy atom. The average molecular weight is 678 g/mol. The van der Waals surface area contributed by atoms with Crippen molar-refractivity contribution in [2.24, 2.45) is 0 Å². The Balaban J connectivity index is 1.29. The lowest BCUT2D eigenvalue weighted by molar-refractivity contribution is 0.477. The van der Waals surface area contributed by atoms with Crippen LogP contribution in [0.15, 0.2) is 200 Å². The first-order chi connectivity index (χ1) is 25.6. The molecule has 0 aromatic heterocycles. The van der Waals surface area contributed by atoms with Crippen LogP contribution in [0.3, 0.4) is 0 Å². The minimum absolute atomic E-state index is 0.337. The van der Waals surface area contributed by atoms with E-state index in [1.165, 1.54) is 6.07 Å². The lowest BCUT2D eigenvalue weighted by atomic mass is 9.99. The van der Waals surface area contributed by atoms with Gasteiger partial charge < -0.3 is 9.64 Å². The summed E-state index contributed by atoms with van der Waals surface area (Å²) in [6, 6.07) is 63.5. The summed E-state index contributed by atoms with van der Waals surface area (Å²) in [5.74, 6) is 0.153. The third kappa shape index (κ3) is 6.83. The molecule has 0 aliphatic carbocycles. The van der Waals surface area contributed by atoms with Gasteiger partial charge in [-0.25, -0.2) is 8.78 Å². The first-order valence-corrected chi connectivity index (χ1v) is 17.1. The Labute approximate surface area is 302 Å². The van der Waals surface area contributed by atoms with Crippen molar-refractivity contribution in [2.75, 3.05) is 4.90 Å². The van der Waals surface area contributed by atoms with Gasteiger partial charge in [-0.2, -0.15) is 0 Å². The van der Waals surface area contributed by atoms with Crippen LogP contribution in [-0.4, -0.2) is 0 Å². The van der Waals surface area contributed by atoms with E-state index in [1.807, 2.05) is 152 Å². The van der Waals surface area contributed by atoms with E-state index < -0.39 is 0 Å². The molecule has 0 N–H and O–H groups in total. The molecule has 0 saturated heterocycles. The Morgan fingerprint density at radius 3 is 1.40 bits per heavy atom. The molecule has 0 unspecified atom stereocenters. The maximum absolute atomic E-state index is 16.2. The molecule has 8 rings (SSSR count). The highest BCUT2D eigenvalue weighted by Gasteiger charge is 2.21. The summed E-state index contributed by atoms with van der Waals surface area (Å²) in [4.78, 5) is 2.05. The van der Waals surface area contributed by atoms with E-state index in [9.17, 15) is 0 Å². The molecule has 0 aliphatic heterocycles. The Bertz CT molecular complexity index is 2450. The molecule has 0 aliphatic rings. The smallest absolute Gasteiger partial charge is 0.134 e. The van der Waals surface area contributed by atoms with Gasteiger partial charge in [0.05, 0.1) is 11.4 Å². The first-order valence-electron chi connectivity index (χ1n) is 17.1. The van der Waals surface area contributed by atoms with Crippen LogP contribution in [0.4, 0.5) is 25.8 Å². The van der Waals surface area contributed by atoms with Crippen molar-refractivity contribution in [3.63, 3.8) is 0 Å². The van der Waals surface area contributed by atoms with Crippen molar-refractivity contribution in [1.82, 2.24) is 0 Å².